The summed E-state index contributed by atoms with van der Waals surface area (Å²) in [5, 5.41) is 21.3. The Kier molecular flexibility index (Phi) is 3.71. The smallest absolute Gasteiger partial charge is 0.231 e. The van der Waals surface area contributed by atoms with Crippen LogP contribution in [0.4, 0.5) is 0 Å². The predicted molar refractivity (Wildman–Crippen MR) is 93.9 cm³/mol. The normalized spacial score (nSPS) is 21.4. The van der Waals surface area contributed by atoms with Gasteiger partial charge in [-0.15, -0.1) is 11.3 Å². The van der Waals surface area contributed by atoms with Gasteiger partial charge < -0.3 is 5.32 Å². The van der Waals surface area contributed by atoms with Crippen LogP contribution in [-0.2, 0) is 10.3 Å². The SMILES string of the molecule is Bc1nncc(-c2csc([C@]3(C)CC(=O)N(C)C(=N)N3)c2)c1C. The maximum absolute atomic E-state index is 12.1. The molecular formula is C15H18BN5OS. The molecule has 3 rings (SSSR count). The van der Waals surface area contributed by atoms with E-state index in [1.54, 1.807) is 24.6 Å². The summed E-state index contributed by atoms with van der Waals surface area (Å²) < 4.78 is 0. The minimum Gasteiger partial charge on any atom is -0.345 e. The first-order valence-electron chi connectivity index (χ1n) is 7.33. The van der Waals surface area contributed by atoms with Gasteiger partial charge in [0, 0.05) is 23.1 Å². The molecule has 23 heavy (non-hydrogen) atoms. The molecule has 1 aliphatic heterocycles. The fourth-order valence-corrected chi connectivity index (χ4v) is 3.71. The minimum atomic E-state index is -0.549. The number of rotatable bonds is 2. The largest absolute Gasteiger partial charge is 0.345 e. The van der Waals surface area contributed by atoms with Crippen molar-refractivity contribution in [2.24, 2.45) is 0 Å². The molecule has 1 fully saturated rings. The molecule has 0 saturated carbocycles. The third kappa shape index (κ3) is 2.63. The zero-order valence-corrected chi connectivity index (χ0v) is 14.4. The molecule has 0 radical (unpaired) electrons. The van der Waals surface area contributed by atoms with E-state index >= 15 is 0 Å². The van der Waals surface area contributed by atoms with E-state index in [2.05, 4.69) is 27.0 Å². The number of carbonyl (C=O) groups excluding carboxylic acids is 1. The standard InChI is InChI=1S/C15H18BN5OS/c1-8-10(6-18-20-13(8)16)9-4-11(23-7-9)15(2)5-12(22)21(3)14(17)19-15/h4,6-7H,5,16H2,1-3H3,(H2,17,19)/t15-/m0/s1. The summed E-state index contributed by atoms with van der Waals surface area (Å²) in [4.78, 5) is 14.5. The van der Waals surface area contributed by atoms with Gasteiger partial charge in [0.25, 0.3) is 0 Å². The molecule has 2 aromatic heterocycles. The molecule has 0 spiro atoms. The van der Waals surface area contributed by atoms with Gasteiger partial charge in [-0.1, -0.05) is 0 Å². The third-order valence-electron chi connectivity index (χ3n) is 4.40. The lowest BCUT2D eigenvalue weighted by molar-refractivity contribution is -0.129. The van der Waals surface area contributed by atoms with Crippen LogP contribution in [0.3, 0.4) is 0 Å². The number of hydrogen-bond donors (Lipinski definition) is 2. The number of aromatic nitrogens is 2. The Morgan fingerprint density at radius 2 is 2.26 bits per heavy atom. The molecule has 0 aromatic carbocycles. The molecule has 1 saturated heterocycles. The highest BCUT2D eigenvalue weighted by molar-refractivity contribution is 7.10. The summed E-state index contributed by atoms with van der Waals surface area (Å²) in [7, 11) is 3.56. The maximum Gasteiger partial charge on any atom is 0.231 e. The molecule has 1 atom stereocenters. The fraction of sp³-hybridized carbons (Fsp3) is 0.333. The van der Waals surface area contributed by atoms with Crippen LogP contribution in [0, 0.1) is 12.3 Å². The Balaban J connectivity index is 1.97. The highest BCUT2D eigenvalue weighted by Crippen LogP contribution is 2.36. The van der Waals surface area contributed by atoms with E-state index in [1.165, 1.54) is 4.90 Å². The number of guanidine groups is 1. The second-order valence-electron chi connectivity index (χ2n) is 6.10. The van der Waals surface area contributed by atoms with E-state index in [4.69, 9.17) is 5.41 Å². The summed E-state index contributed by atoms with van der Waals surface area (Å²) in [5.74, 6) is 0.0834. The van der Waals surface area contributed by atoms with Gasteiger partial charge in [0.05, 0.1) is 18.2 Å². The molecule has 0 bridgehead atoms. The molecule has 2 aromatic rings. The van der Waals surface area contributed by atoms with Gasteiger partial charge in [-0.3, -0.25) is 15.1 Å². The van der Waals surface area contributed by atoms with Crippen LogP contribution in [0.25, 0.3) is 11.1 Å². The zero-order chi connectivity index (χ0) is 16.8. The van der Waals surface area contributed by atoms with E-state index < -0.39 is 5.54 Å². The maximum atomic E-state index is 12.1. The van der Waals surface area contributed by atoms with Crippen molar-refractivity contribution in [1.82, 2.24) is 20.4 Å². The van der Waals surface area contributed by atoms with Crippen LogP contribution in [0.1, 0.15) is 23.8 Å². The van der Waals surface area contributed by atoms with Gasteiger partial charge in [-0.05, 0) is 36.4 Å². The van der Waals surface area contributed by atoms with Crippen molar-refractivity contribution in [2.75, 3.05) is 7.05 Å². The quantitative estimate of drug-likeness (QED) is 0.781. The monoisotopic (exact) mass is 327 g/mol. The Hall–Kier alpha value is -2.22. The molecule has 2 N–H and O–H groups in total. The van der Waals surface area contributed by atoms with Crippen LogP contribution in [0.5, 0.6) is 0 Å². The summed E-state index contributed by atoms with van der Waals surface area (Å²) in [6.45, 7) is 4.00. The molecule has 6 nitrogen and oxygen atoms in total. The molecule has 118 valence electrons. The van der Waals surface area contributed by atoms with Crippen molar-refractivity contribution in [3.63, 3.8) is 0 Å². The first-order chi connectivity index (χ1) is 10.8. The van der Waals surface area contributed by atoms with Crippen LogP contribution in [0.2, 0.25) is 0 Å². The lowest BCUT2D eigenvalue weighted by Crippen LogP contribution is -2.57. The molecule has 1 amide bonds. The highest BCUT2D eigenvalue weighted by Gasteiger charge is 2.38. The Bertz CT molecular complexity index is 785. The topological polar surface area (TPSA) is 82.0 Å². The van der Waals surface area contributed by atoms with Gasteiger partial charge in [-0.25, -0.2) is 0 Å². The summed E-state index contributed by atoms with van der Waals surface area (Å²) in [5.41, 5.74) is 3.59. The van der Waals surface area contributed by atoms with E-state index in [0.29, 0.717) is 6.42 Å². The van der Waals surface area contributed by atoms with Crippen molar-refractivity contribution in [3.8, 4) is 11.1 Å². The number of nitrogens with zero attached hydrogens (tertiary/aromatic N) is 3. The Labute approximate surface area is 139 Å². The summed E-state index contributed by atoms with van der Waals surface area (Å²) >= 11 is 1.59. The van der Waals surface area contributed by atoms with Crippen molar-refractivity contribution >= 4 is 36.6 Å². The highest BCUT2D eigenvalue weighted by atomic mass is 32.1. The average Bonchev–Trinajstić information content (AvgIpc) is 2.98. The first kappa shape index (κ1) is 15.7. The van der Waals surface area contributed by atoms with Crippen LogP contribution in [0.15, 0.2) is 17.6 Å². The van der Waals surface area contributed by atoms with Gasteiger partial charge >= 0.3 is 0 Å². The second kappa shape index (κ2) is 5.45. The second-order valence-corrected chi connectivity index (χ2v) is 7.01. The van der Waals surface area contributed by atoms with Crippen LogP contribution >= 0.6 is 11.3 Å². The van der Waals surface area contributed by atoms with Gasteiger partial charge in [-0.2, -0.15) is 10.2 Å². The van der Waals surface area contributed by atoms with Crippen molar-refractivity contribution in [1.29, 1.82) is 5.41 Å². The van der Waals surface area contributed by atoms with Gasteiger partial charge in [0.2, 0.25) is 5.91 Å². The number of thiophene rings is 1. The number of nitrogens with one attached hydrogen (secondary N) is 2. The van der Waals surface area contributed by atoms with Crippen LogP contribution < -0.4 is 10.9 Å². The van der Waals surface area contributed by atoms with E-state index in [0.717, 1.165) is 27.2 Å². The summed E-state index contributed by atoms with van der Waals surface area (Å²) in [6, 6.07) is 2.08. The van der Waals surface area contributed by atoms with E-state index in [9.17, 15) is 4.79 Å². The number of amides is 1. The zero-order valence-electron chi connectivity index (χ0n) is 13.6. The Morgan fingerprint density at radius 1 is 1.52 bits per heavy atom. The van der Waals surface area contributed by atoms with E-state index in [1.807, 2.05) is 21.7 Å². The summed E-state index contributed by atoms with van der Waals surface area (Å²) in [6.07, 6.45) is 2.10. The lowest BCUT2D eigenvalue weighted by atomic mass is 9.90. The fourth-order valence-electron chi connectivity index (χ4n) is 2.68. The third-order valence-corrected chi connectivity index (χ3v) is 5.60. The Morgan fingerprint density at radius 3 is 2.96 bits per heavy atom. The van der Waals surface area contributed by atoms with E-state index in [-0.39, 0.29) is 11.9 Å². The van der Waals surface area contributed by atoms with Crippen molar-refractivity contribution in [3.05, 3.63) is 28.1 Å². The number of carbonyl (C=O) groups is 1. The van der Waals surface area contributed by atoms with Crippen LogP contribution in [-0.4, -0.2) is 41.9 Å². The molecule has 0 aliphatic carbocycles. The average molecular weight is 327 g/mol. The molecule has 3 heterocycles. The lowest BCUT2D eigenvalue weighted by Gasteiger charge is -2.38. The molecule has 1 aliphatic rings. The minimum absolute atomic E-state index is 0.0520. The predicted octanol–water partition coefficient (Wildman–Crippen LogP) is 0.374. The van der Waals surface area contributed by atoms with Crippen molar-refractivity contribution in [2.45, 2.75) is 25.8 Å². The molecule has 8 heteroatoms. The van der Waals surface area contributed by atoms with Crippen molar-refractivity contribution < 1.29 is 4.79 Å². The van der Waals surface area contributed by atoms with Gasteiger partial charge in [0.15, 0.2) is 13.8 Å². The molecular weight excluding hydrogens is 309 g/mol. The number of hydrogen-bond acceptors (Lipinski definition) is 5. The molecule has 0 unspecified atom stereocenters. The first-order valence-corrected chi connectivity index (χ1v) is 8.21. The van der Waals surface area contributed by atoms with Gasteiger partial charge in [0.1, 0.15) is 0 Å².